The summed E-state index contributed by atoms with van der Waals surface area (Å²) >= 11 is 0. The fraction of sp³-hybridized carbons (Fsp3) is 0.316. The van der Waals surface area contributed by atoms with Crippen LogP contribution in [-0.4, -0.2) is 35.4 Å². The largest absolute Gasteiger partial charge is 0.393 e. The zero-order valence-corrected chi connectivity index (χ0v) is 15.0. The summed E-state index contributed by atoms with van der Waals surface area (Å²) in [4.78, 5) is 25.1. The summed E-state index contributed by atoms with van der Waals surface area (Å²) < 4.78 is 0. The molecule has 1 atom stereocenters. The third kappa shape index (κ3) is 4.58. The third-order valence-electron chi connectivity index (χ3n) is 4.38. The number of nitrogens with two attached hydrogens (primary N) is 1. The van der Waals surface area contributed by atoms with Crippen LogP contribution in [0.5, 0.6) is 0 Å². The van der Waals surface area contributed by atoms with E-state index < -0.39 is 4.92 Å². The van der Waals surface area contributed by atoms with Gasteiger partial charge in [-0.15, -0.1) is 0 Å². The number of nitro groups is 1. The number of carbonyl (C=O) groups excluding carboxylic acids is 1. The van der Waals surface area contributed by atoms with E-state index in [4.69, 9.17) is 5.73 Å². The van der Waals surface area contributed by atoms with Gasteiger partial charge in [-0.2, -0.15) is 0 Å². The first-order chi connectivity index (χ1) is 12.5. The van der Waals surface area contributed by atoms with Gasteiger partial charge in [-0.1, -0.05) is 44.2 Å². The Balaban J connectivity index is 2.17. The lowest BCUT2D eigenvalue weighted by atomic mass is 10.0. The molecule has 3 N–H and O–H groups in total. The van der Waals surface area contributed by atoms with Gasteiger partial charge in [0.25, 0.3) is 11.6 Å². The van der Waals surface area contributed by atoms with Crippen molar-refractivity contribution in [1.29, 1.82) is 0 Å². The number of rotatable bonds is 8. The molecule has 0 saturated carbocycles. The van der Waals surface area contributed by atoms with Gasteiger partial charge in [-0.05, 0) is 30.8 Å². The van der Waals surface area contributed by atoms with Crippen molar-refractivity contribution in [1.82, 2.24) is 10.2 Å². The van der Waals surface area contributed by atoms with E-state index in [9.17, 15) is 14.9 Å². The normalized spacial score (nSPS) is 12.0. The fourth-order valence-corrected chi connectivity index (χ4v) is 2.93. The molecule has 0 radical (unpaired) electrons. The van der Waals surface area contributed by atoms with Crippen LogP contribution in [0.15, 0.2) is 48.5 Å². The molecule has 1 amide bonds. The molecule has 2 aromatic carbocycles. The number of carbonyl (C=O) groups is 1. The maximum atomic E-state index is 12.5. The summed E-state index contributed by atoms with van der Waals surface area (Å²) in [6, 6.07) is 14.1. The molecule has 0 spiro atoms. The number of amides is 1. The molecule has 2 aromatic rings. The Morgan fingerprint density at radius 1 is 1.19 bits per heavy atom. The lowest BCUT2D eigenvalue weighted by Crippen LogP contribution is -2.38. The molecule has 26 heavy (non-hydrogen) atoms. The number of nitrogens with zero attached hydrogens (tertiary/aromatic N) is 2. The highest BCUT2D eigenvalue weighted by Gasteiger charge is 2.20. The van der Waals surface area contributed by atoms with Crippen LogP contribution in [0.3, 0.4) is 0 Å². The van der Waals surface area contributed by atoms with Gasteiger partial charge in [0, 0.05) is 18.2 Å². The lowest BCUT2D eigenvalue weighted by Gasteiger charge is -2.30. The fourth-order valence-electron chi connectivity index (χ4n) is 2.93. The Bertz CT molecular complexity index is 761. The number of anilines is 1. The number of hydrogen-bond donors (Lipinski definition) is 2. The van der Waals surface area contributed by atoms with E-state index in [0.717, 1.165) is 18.7 Å². The minimum Gasteiger partial charge on any atom is -0.393 e. The molecule has 2 rings (SSSR count). The number of benzene rings is 2. The van der Waals surface area contributed by atoms with Gasteiger partial charge in [-0.3, -0.25) is 19.8 Å². The van der Waals surface area contributed by atoms with E-state index in [0.29, 0.717) is 6.54 Å². The van der Waals surface area contributed by atoms with E-state index >= 15 is 0 Å². The number of likely N-dealkylation sites (N-methyl/N-ethyl adjacent to an activating group) is 1. The van der Waals surface area contributed by atoms with Crippen LogP contribution in [0.1, 0.15) is 35.8 Å². The van der Waals surface area contributed by atoms with Crippen LogP contribution in [0.2, 0.25) is 0 Å². The summed E-state index contributed by atoms with van der Waals surface area (Å²) in [7, 11) is 0. The van der Waals surface area contributed by atoms with Crippen LogP contribution in [0.25, 0.3) is 0 Å². The Kier molecular flexibility index (Phi) is 6.68. The van der Waals surface area contributed by atoms with Gasteiger partial charge in [0.15, 0.2) is 0 Å². The molecule has 0 aliphatic rings. The topological polar surface area (TPSA) is 102 Å². The van der Waals surface area contributed by atoms with E-state index in [-0.39, 0.29) is 28.9 Å². The number of nitro benzene ring substituents is 1. The summed E-state index contributed by atoms with van der Waals surface area (Å²) in [6.07, 6.45) is 0. The standard InChI is InChI=1S/C19H24N4O3/c1-3-22(4-2)18(14-8-6-5-7-9-14)13-21-19(24)15-10-11-16(20)17(12-15)23(25)26/h5-12,18H,3-4,13,20H2,1-2H3,(H,21,24)/t18-/m1/s1. The van der Waals surface area contributed by atoms with Crippen molar-refractivity contribution in [2.45, 2.75) is 19.9 Å². The summed E-state index contributed by atoms with van der Waals surface area (Å²) in [5.41, 5.74) is 6.69. The molecule has 0 fully saturated rings. The van der Waals surface area contributed by atoms with Gasteiger partial charge >= 0.3 is 0 Å². The van der Waals surface area contributed by atoms with Crippen molar-refractivity contribution in [3.63, 3.8) is 0 Å². The van der Waals surface area contributed by atoms with E-state index in [1.807, 2.05) is 30.3 Å². The van der Waals surface area contributed by atoms with Crippen LogP contribution in [0, 0.1) is 10.1 Å². The minimum absolute atomic E-state index is 0.0268. The van der Waals surface area contributed by atoms with Gasteiger partial charge in [0.1, 0.15) is 5.69 Å². The predicted molar refractivity (Wildman–Crippen MR) is 102 cm³/mol. The highest BCUT2D eigenvalue weighted by Crippen LogP contribution is 2.23. The van der Waals surface area contributed by atoms with E-state index in [2.05, 4.69) is 24.1 Å². The maximum absolute atomic E-state index is 12.5. The van der Waals surface area contributed by atoms with E-state index in [1.165, 1.54) is 18.2 Å². The lowest BCUT2D eigenvalue weighted by molar-refractivity contribution is -0.383. The van der Waals surface area contributed by atoms with Gasteiger partial charge in [0.05, 0.1) is 11.0 Å². The zero-order valence-electron chi connectivity index (χ0n) is 15.0. The second-order valence-electron chi connectivity index (χ2n) is 5.89. The van der Waals surface area contributed by atoms with Crippen molar-refractivity contribution in [3.8, 4) is 0 Å². The SMILES string of the molecule is CCN(CC)[C@H](CNC(=O)c1ccc(N)c([N+](=O)[O-])c1)c1ccccc1. The van der Waals surface area contributed by atoms with Crippen molar-refractivity contribution < 1.29 is 9.72 Å². The predicted octanol–water partition coefficient (Wildman–Crippen LogP) is 2.99. The number of hydrogen-bond acceptors (Lipinski definition) is 5. The van der Waals surface area contributed by atoms with Crippen molar-refractivity contribution in [2.24, 2.45) is 0 Å². The van der Waals surface area contributed by atoms with Crippen molar-refractivity contribution in [2.75, 3.05) is 25.4 Å². The Labute approximate surface area is 153 Å². The molecule has 0 bridgehead atoms. The molecule has 0 aliphatic heterocycles. The van der Waals surface area contributed by atoms with Crippen LogP contribution in [0.4, 0.5) is 11.4 Å². The average molecular weight is 356 g/mol. The Morgan fingerprint density at radius 2 is 1.85 bits per heavy atom. The molecule has 7 nitrogen and oxygen atoms in total. The van der Waals surface area contributed by atoms with E-state index in [1.54, 1.807) is 0 Å². The average Bonchev–Trinajstić information content (AvgIpc) is 2.65. The molecular formula is C19H24N4O3. The van der Waals surface area contributed by atoms with Crippen LogP contribution in [-0.2, 0) is 0 Å². The number of nitrogen functional groups attached to an aromatic ring is 1. The summed E-state index contributed by atoms with van der Waals surface area (Å²) in [6.45, 7) is 6.25. The van der Waals surface area contributed by atoms with Crippen molar-refractivity contribution >= 4 is 17.3 Å². The first-order valence-electron chi connectivity index (χ1n) is 8.59. The monoisotopic (exact) mass is 356 g/mol. The first kappa shape index (κ1) is 19.4. The maximum Gasteiger partial charge on any atom is 0.292 e. The second kappa shape index (κ2) is 8.96. The Morgan fingerprint density at radius 3 is 2.42 bits per heavy atom. The molecular weight excluding hydrogens is 332 g/mol. The zero-order chi connectivity index (χ0) is 19.1. The highest BCUT2D eigenvalue weighted by atomic mass is 16.6. The smallest absolute Gasteiger partial charge is 0.292 e. The summed E-state index contributed by atoms with van der Waals surface area (Å²) in [5, 5.41) is 13.9. The van der Waals surface area contributed by atoms with Crippen LogP contribution < -0.4 is 11.1 Å². The van der Waals surface area contributed by atoms with Crippen molar-refractivity contribution in [3.05, 3.63) is 69.8 Å². The molecule has 0 heterocycles. The molecule has 0 aromatic heterocycles. The highest BCUT2D eigenvalue weighted by molar-refractivity contribution is 5.95. The molecule has 0 unspecified atom stereocenters. The number of nitrogens with one attached hydrogen (secondary N) is 1. The molecule has 0 aliphatic carbocycles. The molecule has 138 valence electrons. The van der Waals surface area contributed by atoms with Crippen LogP contribution >= 0.6 is 0 Å². The first-order valence-corrected chi connectivity index (χ1v) is 8.59. The Hall–Kier alpha value is -2.93. The molecule has 0 saturated heterocycles. The summed E-state index contributed by atoms with van der Waals surface area (Å²) in [5.74, 6) is -0.360. The quantitative estimate of drug-likeness (QED) is 0.430. The third-order valence-corrected chi connectivity index (χ3v) is 4.38. The minimum atomic E-state index is -0.589. The molecule has 7 heteroatoms. The second-order valence-corrected chi connectivity index (χ2v) is 5.89. The van der Waals surface area contributed by atoms with Gasteiger partial charge in [0.2, 0.25) is 0 Å². The van der Waals surface area contributed by atoms with Gasteiger partial charge < -0.3 is 11.1 Å². The van der Waals surface area contributed by atoms with Gasteiger partial charge in [-0.25, -0.2) is 0 Å².